The molecule has 1 N–H and O–H groups in total. The maximum Gasteiger partial charge on any atom is 0.393 e. The van der Waals surface area contributed by atoms with Crippen molar-refractivity contribution in [2.45, 2.75) is 25.6 Å². The number of likely N-dealkylation sites (tertiary alicyclic amines) is 1. The van der Waals surface area contributed by atoms with E-state index in [1.165, 1.54) is 29.2 Å². The molecule has 0 radical (unpaired) electrons. The monoisotopic (exact) mass is 354 g/mol. The lowest BCUT2D eigenvalue weighted by atomic mass is 9.98. The average Bonchev–Trinajstić information content (AvgIpc) is 2.48. The predicted molar refractivity (Wildman–Crippen MR) is 79.6 cm³/mol. The third-order valence-electron chi connectivity index (χ3n) is 3.50. The molecule has 0 bridgehead atoms. The molecule has 1 aromatic carbocycles. The molecule has 2 rings (SSSR count). The molecule has 0 spiro atoms. The third kappa shape index (κ3) is 5.19. The lowest BCUT2D eigenvalue weighted by molar-refractivity contribution is -0.183. The Morgan fingerprint density at radius 3 is 2.48 bits per heavy atom. The van der Waals surface area contributed by atoms with Crippen molar-refractivity contribution in [3.63, 3.8) is 0 Å². The Morgan fingerprint density at radius 2 is 1.91 bits per heavy atom. The van der Waals surface area contributed by atoms with Crippen LogP contribution in [0.25, 0.3) is 0 Å². The average molecular weight is 354 g/mol. The lowest BCUT2D eigenvalue weighted by Crippen LogP contribution is -2.46. The molecule has 0 saturated carbocycles. The molecule has 1 unspecified atom stereocenters. The van der Waals surface area contributed by atoms with Gasteiger partial charge in [-0.3, -0.25) is 0 Å². The second kappa shape index (κ2) is 7.29. The number of hydrogen-bond donors (Lipinski definition) is 1. The fraction of sp³-hybridized carbons (Fsp3) is 0.500. The molecule has 1 atom stereocenters. The SMILES string of the molecule is FC(F)Oc1ccc(NC(=S)N2CCCC(C(F)(F)F)C2)cc1. The summed E-state index contributed by atoms with van der Waals surface area (Å²) in [6, 6.07) is 5.59. The summed E-state index contributed by atoms with van der Waals surface area (Å²) in [5, 5.41) is 2.99. The Hall–Kier alpha value is -1.64. The molecule has 128 valence electrons. The first-order valence-corrected chi connectivity index (χ1v) is 7.34. The van der Waals surface area contributed by atoms with Gasteiger partial charge in [-0.25, -0.2) is 0 Å². The van der Waals surface area contributed by atoms with Crippen LogP contribution in [0.2, 0.25) is 0 Å². The highest BCUT2D eigenvalue weighted by molar-refractivity contribution is 7.80. The van der Waals surface area contributed by atoms with Crippen LogP contribution in [-0.2, 0) is 0 Å². The third-order valence-corrected chi connectivity index (χ3v) is 3.86. The number of benzene rings is 1. The van der Waals surface area contributed by atoms with Crippen LogP contribution in [0.4, 0.5) is 27.6 Å². The van der Waals surface area contributed by atoms with Crippen LogP contribution in [0, 0.1) is 5.92 Å². The highest BCUT2D eigenvalue weighted by Crippen LogP contribution is 2.33. The van der Waals surface area contributed by atoms with Gasteiger partial charge in [0.25, 0.3) is 0 Å². The van der Waals surface area contributed by atoms with Crippen LogP contribution in [-0.4, -0.2) is 35.9 Å². The zero-order valence-electron chi connectivity index (χ0n) is 11.9. The Bertz CT molecular complexity index is 535. The van der Waals surface area contributed by atoms with Crippen molar-refractivity contribution < 1.29 is 26.7 Å². The molecule has 1 heterocycles. The van der Waals surface area contributed by atoms with Gasteiger partial charge in [0.05, 0.1) is 5.92 Å². The van der Waals surface area contributed by atoms with Gasteiger partial charge in [-0.1, -0.05) is 0 Å². The number of halogens is 5. The van der Waals surface area contributed by atoms with Crippen LogP contribution >= 0.6 is 12.2 Å². The first-order chi connectivity index (χ1) is 10.8. The zero-order chi connectivity index (χ0) is 17.0. The second-order valence-corrected chi connectivity index (χ2v) is 5.55. The van der Waals surface area contributed by atoms with Crippen LogP contribution in [0.1, 0.15) is 12.8 Å². The summed E-state index contributed by atoms with van der Waals surface area (Å²) in [6.45, 7) is -2.64. The smallest absolute Gasteiger partial charge is 0.393 e. The molecule has 0 amide bonds. The molecule has 1 fully saturated rings. The van der Waals surface area contributed by atoms with Gasteiger partial charge in [0.15, 0.2) is 5.11 Å². The first kappa shape index (κ1) is 17.7. The Morgan fingerprint density at radius 1 is 1.26 bits per heavy atom. The maximum atomic E-state index is 12.8. The van der Waals surface area contributed by atoms with E-state index in [1.807, 2.05) is 0 Å². The van der Waals surface area contributed by atoms with Gasteiger partial charge in [0.2, 0.25) is 0 Å². The number of alkyl halides is 5. The summed E-state index contributed by atoms with van der Waals surface area (Å²) >= 11 is 5.13. The number of piperidine rings is 1. The van der Waals surface area contributed by atoms with E-state index in [2.05, 4.69) is 10.1 Å². The summed E-state index contributed by atoms with van der Waals surface area (Å²) in [7, 11) is 0. The van der Waals surface area contributed by atoms with E-state index < -0.39 is 18.7 Å². The second-order valence-electron chi connectivity index (χ2n) is 5.16. The summed E-state index contributed by atoms with van der Waals surface area (Å²) in [6.07, 6.45) is -3.72. The molecule has 1 aliphatic rings. The number of hydrogen-bond acceptors (Lipinski definition) is 2. The highest BCUT2D eigenvalue weighted by atomic mass is 32.1. The quantitative estimate of drug-likeness (QED) is 0.648. The number of nitrogens with one attached hydrogen (secondary N) is 1. The summed E-state index contributed by atoms with van der Waals surface area (Å²) in [5.41, 5.74) is 0.491. The Labute approximate surface area is 135 Å². The van der Waals surface area contributed by atoms with Crippen LogP contribution in [0.15, 0.2) is 24.3 Å². The molecule has 23 heavy (non-hydrogen) atoms. The fourth-order valence-electron chi connectivity index (χ4n) is 2.35. The minimum atomic E-state index is -4.23. The van der Waals surface area contributed by atoms with Crippen molar-refractivity contribution in [1.82, 2.24) is 4.90 Å². The van der Waals surface area contributed by atoms with Gasteiger partial charge in [-0.05, 0) is 49.3 Å². The molecular formula is C14H15F5N2OS. The Balaban J connectivity index is 1.93. The van der Waals surface area contributed by atoms with Crippen molar-refractivity contribution >= 4 is 23.0 Å². The van der Waals surface area contributed by atoms with Crippen LogP contribution in [0.3, 0.4) is 0 Å². The van der Waals surface area contributed by atoms with E-state index in [4.69, 9.17) is 12.2 Å². The molecule has 1 aliphatic heterocycles. The summed E-state index contributed by atoms with van der Waals surface area (Å²) < 4.78 is 66.7. The number of anilines is 1. The van der Waals surface area contributed by atoms with E-state index in [0.29, 0.717) is 18.7 Å². The van der Waals surface area contributed by atoms with Gasteiger partial charge >= 0.3 is 12.8 Å². The highest BCUT2D eigenvalue weighted by Gasteiger charge is 2.42. The maximum absolute atomic E-state index is 12.8. The van der Waals surface area contributed by atoms with E-state index >= 15 is 0 Å². The van der Waals surface area contributed by atoms with Crippen molar-refractivity contribution in [1.29, 1.82) is 0 Å². The summed E-state index contributed by atoms with van der Waals surface area (Å²) in [4.78, 5) is 1.47. The van der Waals surface area contributed by atoms with Crippen molar-refractivity contribution in [2.24, 2.45) is 5.92 Å². The fourth-order valence-corrected chi connectivity index (χ4v) is 2.63. The molecule has 0 aliphatic carbocycles. The Kier molecular flexibility index (Phi) is 5.61. The number of nitrogens with zero attached hydrogens (tertiary/aromatic N) is 1. The van der Waals surface area contributed by atoms with Gasteiger partial charge in [0, 0.05) is 18.8 Å². The van der Waals surface area contributed by atoms with E-state index in [1.54, 1.807) is 0 Å². The number of ether oxygens (including phenoxy) is 1. The van der Waals surface area contributed by atoms with E-state index in [-0.39, 0.29) is 23.8 Å². The zero-order valence-corrected chi connectivity index (χ0v) is 12.8. The summed E-state index contributed by atoms with van der Waals surface area (Å²) in [5.74, 6) is -1.40. The van der Waals surface area contributed by atoms with Crippen molar-refractivity contribution in [3.8, 4) is 5.75 Å². The predicted octanol–water partition coefficient (Wildman–Crippen LogP) is 4.26. The van der Waals surface area contributed by atoms with Gasteiger partial charge in [-0.15, -0.1) is 0 Å². The molecular weight excluding hydrogens is 339 g/mol. The first-order valence-electron chi connectivity index (χ1n) is 6.93. The van der Waals surface area contributed by atoms with E-state index in [9.17, 15) is 22.0 Å². The van der Waals surface area contributed by atoms with Gasteiger partial charge < -0.3 is 15.0 Å². The minimum Gasteiger partial charge on any atom is -0.435 e. The van der Waals surface area contributed by atoms with Crippen molar-refractivity contribution in [3.05, 3.63) is 24.3 Å². The number of thiocarbonyl (C=S) groups is 1. The molecule has 0 aromatic heterocycles. The normalized spacial score (nSPS) is 18.9. The van der Waals surface area contributed by atoms with Gasteiger partial charge in [-0.2, -0.15) is 22.0 Å². The largest absolute Gasteiger partial charge is 0.435 e. The van der Waals surface area contributed by atoms with Gasteiger partial charge in [0.1, 0.15) is 5.75 Å². The minimum absolute atomic E-state index is 0.00780. The molecule has 3 nitrogen and oxygen atoms in total. The van der Waals surface area contributed by atoms with Crippen LogP contribution < -0.4 is 10.1 Å². The number of rotatable bonds is 3. The molecule has 9 heteroatoms. The van der Waals surface area contributed by atoms with E-state index in [0.717, 1.165) is 0 Å². The molecule has 1 aromatic rings. The molecule has 1 saturated heterocycles. The topological polar surface area (TPSA) is 24.5 Å². The van der Waals surface area contributed by atoms with Crippen LogP contribution in [0.5, 0.6) is 5.75 Å². The van der Waals surface area contributed by atoms with Crippen molar-refractivity contribution in [2.75, 3.05) is 18.4 Å². The standard InChI is InChI=1S/C14H15F5N2OS/c15-12(16)22-11-5-3-10(4-6-11)20-13(23)21-7-1-2-9(8-21)14(17,18)19/h3-6,9,12H,1-2,7-8H2,(H,20,23). The lowest BCUT2D eigenvalue weighted by Gasteiger charge is -2.35.